The predicted molar refractivity (Wildman–Crippen MR) is 73.2 cm³/mol. The fourth-order valence-electron chi connectivity index (χ4n) is 1.74. The van der Waals surface area contributed by atoms with Crippen LogP contribution < -0.4 is 10.5 Å². The van der Waals surface area contributed by atoms with E-state index in [9.17, 15) is 0 Å². The van der Waals surface area contributed by atoms with Crippen molar-refractivity contribution in [3.05, 3.63) is 42.5 Å². The standard InChI is InChI=1S/C15H23NO/c1-3-4-5-6-9-12-17-15-11-8-7-10-14(15)13(2)16/h3,7-8,10-11,13H,1,4-6,9,12,16H2,2H3/t13-/m0/s1. The lowest BCUT2D eigenvalue weighted by molar-refractivity contribution is 0.301. The molecule has 1 aromatic carbocycles. The molecule has 0 aliphatic heterocycles. The predicted octanol–water partition coefficient (Wildman–Crippen LogP) is 3.83. The van der Waals surface area contributed by atoms with Crippen molar-refractivity contribution < 1.29 is 4.74 Å². The summed E-state index contributed by atoms with van der Waals surface area (Å²) >= 11 is 0. The average Bonchev–Trinajstić information content (AvgIpc) is 2.34. The number of rotatable bonds is 8. The van der Waals surface area contributed by atoms with E-state index in [1.807, 2.05) is 37.3 Å². The first-order valence-corrected chi connectivity index (χ1v) is 6.34. The summed E-state index contributed by atoms with van der Waals surface area (Å²) in [6.45, 7) is 6.46. The zero-order chi connectivity index (χ0) is 12.5. The Morgan fingerprint density at radius 2 is 2.06 bits per heavy atom. The fraction of sp³-hybridized carbons (Fsp3) is 0.467. The van der Waals surface area contributed by atoms with Crippen molar-refractivity contribution in [1.29, 1.82) is 0 Å². The maximum Gasteiger partial charge on any atom is 0.124 e. The van der Waals surface area contributed by atoms with Crippen LogP contribution in [0.2, 0.25) is 0 Å². The zero-order valence-electron chi connectivity index (χ0n) is 10.7. The highest BCUT2D eigenvalue weighted by molar-refractivity contribution is 5.35. The second-order valence-electron chi connectivity index (χ2n) is 4.31. The molecule has 17 heavy (non-hydrogen) atoms. The molecule has 0 saturated heterocycles. The van der Waals surface area contributed by atoms with E-state index in [0.717, 1.165) is 30.8 Å². The molecule has 0 aliphatic rings. The largest absolute Gasteiger partial charge is 0.493 e. The van der Waals surface area contributed by atoms with Crippen LogP contribution >= 0.6 is 0 Å². The number of hydrogen-bond donors (Lipinski definition) is 1. The maximum absolute atomic E-state index is 5.89. The lowest BCUT2D eigenvalue weighted by Gasteiger charge is -2.13. The Morgan fingerprint density at radius 1 is 1.29 bits per heavy atom. The molecule has 0 spiro atoms. The van der Waals surface area contributed by atoms with E-state index in [1.165, 1.54) is 12.8 Å². The molecule has 1 aromatic rings. The van der Waals surface area contributed by atoms with Gasteiger partial charge in [0, 0.05) is 11.6 Å². The molecular formula is C15H23NO. The number of hydrogen-bond acceptors (Lipinski definition) is 2. The molecule has 2 heteroatoms. The third kappa shape index (κ3) is 5.05. The Kier molecular flexibility index (Phi) is 6.41. The van der Waals surface area contributed by atoms with Crippen LogP contribution in [0.15, 0.2) is 36.9 Å². The zero-order valence-corrected chi connectivity index (χ0v) is 10.7. The number of nitrogens with two attached hydrogens (primary N) is 1. The van der Waals surface area contributed by atoms with Gasteiger partial charge in [0.1, 0.15) is 5.75 Å². The first-order valence-electron chi connectivity index (χ1n) is 6.34. The van der Waals surface area contributed by atoms with E-state index in [-0.39, 0.29) is 6.04 Å². The SMILES string of the molecule is C=CCCCCCOc1ccccc1[C@H](C)N. The molecule has 0 heterocycles. The quantitative estimate of drug-likeness (QED) is 0.547. The van der Waals surface area contributed by atoms with E-state index < -0.39 is 0 Å². The van der Waals surface area contributed by atoms with Crippen LogP contribution in [0, 0.1) is 0 Å². The summed E-state index contributed by atoms with van der Waals surface area (Å²) < 4.78 is 5.77. The van der Waals surface area contributed by atoms with Crippen LogP contribution in [0.25, 0.3) is 0 Å². The highest BCUT2D eigenvalue weighted by Crippen LogP contribution is 2.23. The van der Waals surface area contributed by atoms with Gasteiger partial charge in [-0.05, 0) is 38.7 Å². The minimum absolute atomic E-state index is 0.0203. The second kappa shape index (κ2) is 7.91. The summed E-state index contributed by atoms with van der Waals surface area (Å²) in [5, 5.41) is 0. The molecule has 0 radical (unpaired) electrons. The summed E-state index contributed by atoms with van der Waals surface area (Å²) in [7, 11) is 0. The van der Waals surface area contributed by atoms with Gasteiger partial charge >= 0.3 is 0 Å². The third-order valence-corrected chi connectivity index (χ3v) is 2.72. The van der Waals surface area contributed by atoms with Crippen molar-refractivity contribution in [2.24, 2.45) is 5.73 Å². The summed E-state index contributed by atoms with van der Waals surface area (Å²) in [6.07, 6.45) is 6.53. The smallest absolute Gasteiger partial charge is 0.124 e. The molecule has 2 nitrogen and oxygen atoms in total. The van der Waals surface area contributed by atoms with Gasteiger partial charge < -0.3 is 10.5 Å². The summed E-state index contributed by atoms with van der Waals surface area (Å²) in [5.41, 5.74) is 6.98. The molecule has 0 aliphatic carbocycles. The Morgan fingerprint density at radius 3 is 2.76 bits per heavy atom. The maximum atomic E-state index is 5.89. The first kappa shape index (κ1) is 13.8. The lowest BCUT2D eigenvalue weighted by atomic mass is 10.1. The molecule has 0 amide bonds. The molecular weight excluding hydrogens is 210 g/mol. The molecule has 1 rings (SSSR count). The van der Waals surface area contributed by atoms with Crippen molar-refractivity contribution in [2.45, 2.75) is 38.6 Å². The molecule has 0 aromatic heterocycles. The Balaban J connectivity index is 2.33. The van der Waals surface area contributed by atoms with Gasteiger partial charge in [-0.2, -0.15) is 0 Å². The summed E-state index contributed by atoms with van der Waals surface area (Å²) in [6, 6.07) is 8.02. The second-order valence-corrected chi connectivity index (χ2v) is 4.31. The number of para-hydroxylation sites is 1. The van der Waals surface area contributed by atoms with E-state index in [2.05, 4.69) is 6.58 Å². The highest BCUT2D eigenvalue weighted by atomic mass is 16.5. The van der Waals surface area contributed by atoms with Gasteiger partial charge in [-0.15, -0.1) is 6.58 Å². The van der Waals surface area contributed by atoms with Crippen LogP contribution in [0.3, 0.4) is 0 Å². The Hall–Kier alpha value is -1.28. The molecule has 0 fully saturated rings. The molecule has 2 N–H and O–H groups in total. The van der Waals surface area contributed by atoms with Crippen LogP contribution in [0.5, 0.6) is 5.75 Å². The first-order chi connectivity index (χ1) is 8.25. The van der Waals surface area contributed by atoms with Crippen LogP contribution in [0.1, 0.15) is 44.2 Å². The lowest BCUT2D eigenvalue weighted by Crippen LogP contribution is -2.08. The number of benzene rings is 1. The van der Waals surface area contributed by atoms with E-state index in [1.54, 1.807) is 0 Å². The van der Waals surface area contributed by atoms with Crippen molar-refractivity contribution in [1.82, 2.24) is 0 Å². The molecule has 94 valence electrons. The summed E-state index contributed by atoms with van der Waals surface area (Å²) in [4.78, 5) is 0. The summed E-state index contributed by atoms with van der Waals surface area (Å²) in [5.74, 6) is 0.922. The highest BCUT2D eigenvalue weighted by Gasteiger charge is 2.06. The van der Waals surface area contributed by atoms with Gasteiger partial charge in [0.2, 0.25) is 0 Å². The molecule has 0 unspecified atom stereocenters. The van der Waals surface area contributed by atoms with Crippen LogP contribution in [-0.4, -0.2) is 6.61 Å². The van der Waals surface area contributed by atoms with E-state index >= 15 is 0 Å². The van der Waals surface area contributed by atoms with Gasteiger partial charge in [0.25, 0.3) is 0 Å². The van der Waals surface area contributed by atoms with Crippen molar-refractivity contribution in [3.8, 4) is 5.75 Å². The number of allylic oxidation sites excluding steroid dienone is 1. The van der Waals surface area contributed by atoms with E-state index in [0.29, 0.717) is 0 Å². The van der Waals surface area contributed by atoms with E-state index in [4.69, 9.17) is 10.5 Å². The van der Waals surface area contributed by atoms with Gasteiger partial charge in [0.05, 0.1) is 6.61 Å². The van der Waals surface area contributed by atoms with Crippen LogP contribution in [-0.2, 0) is 0 Å². The minimum Gasteiger partial charge on any atom is -0.493 e. The average molecular weight is 233 g/mol. The van der Waals surface area contributed by atoms with Gasteiger partial charge in [-0.3, -0.25) is 0 Å². The third-order valence-electron chi connectivity index (χ3n) is 2.72. The Bertz CT molecular complexity index is 333. The van der Waals surface area contributed by atoms with Gasteiger partial charge in [-0.25, -0.2) is 0 Å². The number of unbranched alkanes of at least 4 members (excludes halogenated alkanes) is 3. The minimum atomic E-state index is 0.0203. The van der Waals surface area contributed by atoms with Gasteiger partial charge in [0.15, 0.2) is 0 Å². The van der Waals surface area contributed by atoms with Crippen molar-refractivity contribution in [2.75, 3.05) is 6.61 Å². The molecule has 0 bridgehead atoms. The molecule has 0 saturated carbocycles. The van der Waals surface area contributed by atoms with Gasteiger partial charge in [-0.1, -0.05) is 24.3 Å². The normalized spacial score (nSPS) is 12.1. The monoisotopic (exact) mass is 233 g/mol. The Labute approximate surface area is 104 Å². The molecule has 1 atom stereocenters. The number of ether oxygens (including phenoxy) is 1. The van der Waals surface area contributed by atoms with Crippen LogP contribution in [0.4, 0.5) is 0 Å². The topological polar surface area (TPSA) is 35.2 Å². The fourth-order valence-corrected chi connectivity index (χ4v) is 1.74. The van der Waals surface area contributed by atoms with Crippen molar-refractivity contribution in [3.63, 3.8) is 0 Å². The van der Waals surface area contributed by atoms with Crippen molar-refractivity contribution >= 4 is 0 Å².